The highest BCUT2D eigenvalue weighted by molar-refractivity contribution is 5.93. The second kappa shape index (κ2) is 7.27. The van der Waals surface area contributed by atoms with Gasteiger partial charge in [-0.2, -0.15) is 13.2 Å². The summed E-state index contributed by atoms with van der Waals surface area (Å²) in [7, 11) is 0. The Hall–Kier alpha value is -1.71. The van der Waals surface area contributed by atoms with Crippen molar-refractivity contribution in [3.8, 4) is 0 Å². The number of nitrogens with one attached hydrogen (secondary N) is 1. The van der Waals surface area contributed by atoms with Crippen LogP contribution in [-0.4, -0.2) is 64.3 Å². The molecule has 1 fully saturated rings. The summed E-state index contributed by atoms with van der Waals surface area (Å²) in [6, 6.07) is 2.00. The number of amides is 1. The van der Waals surface area contributed by atoms with E-state index >= 15 is 0 Å². The molecule has 0 saturated carbocycles. The zero-order valence-electron chi connectivity index (χ0n) is 13.7. The first-order chi connectivity index (χ1) is 11.9. The average Bonchev–Trinajstić information content (AvgIpc) is 2.59. The summed E-state index contributed by atoms with van der Waals surface area (Å²) in [6.45, 7) is 1.51. The van der Waals surface area contributed by atoms with Gasteiger partial charge in [0.1, 0.15) is 0 Å². The molecule has 1 aromatic rings. The van der Waals surface area contributed by atoms with E-state index in [1.165, 1.54) is 11.1 Å². The van der Waals surface area contributed by atoms with Crippen molar-refractivity contribution < 1.29 is 23.2 Å². The van der Waals surface area contributed by atoms with Crippen LogP contribution in [-0.2, 0) is 13.0 Å². The van der Waals surface area contributed by atoms with Gasteiger partial charge in [-0.3, -0.25) is 24.8 Å². The van der Waals surface area contributed by atoms with Crippen molar-refractivity contribution in [1.82, 2.24) is 20.3 Å². The third-order valence-electron chi connectivity index (χ3n) is 4.92. The van der Waals surface area contributed by atoms with E-state index in [-0.39, 0.29) is 6.04 Å². The Morgan fingerprint density at radius 3 is 2.68 bits per heavy atom. The van der Waals surface area contributed by atoms with Crippen molar-refractivity contribution in [2.24, 2.45) is 0 Å². The third kappa shape index (κ3) is 4.47. The Labute approximate surface area is 143 Å². The van der Waals surface area contributed by atoms with Crippen LogP contribution in [0.2, 0.25) is 0 Å². The number of hydrogen-bond donors (Lipinski definition) is 2. The van der Waals surface area contributed by atoms with Crippen molar-refractivity contribution in [1.29, 1.82) is 0 Å². The van der Waals surface area contributed by atoms with Crippen LogP contribution < -0.4 is 5.48 Å². The van der Waals surface area contributed by atoms with E-state index in [4.69, 9.17) is 5.21 Å². The lowest BCUT2D eigenvalue weighted by atomic mass is 9.97. The van der Waals surface area contributed by atoms with Gasteiger partial charge >= 0.3 is 6.18 Å². The van der Waals surface area contributed by atoms with Gasteiger partial charge < -0.3 is 0 Å². The first-order valence-corrected chi connectivity index (χ1v) is 8.31. The van der Waals surface area contributed by atoms with Crippen molar-refractivity contribution in [2.75, 3.05) is 26.2 Å². The standard InChI is InChI=1S/C16H21F3N4O2/c17-16(18,19)10-22-4-2-13(3-5-22)23-6-1-11-7-12(15(24)21-25)8-20-14(11)9-23/h7-8,13,25H,1-6,9-10H2,(H,21,24). The number of aromatic nitrogens is 1. The number of piperidine rings is 1. The minimum Gasteiger partial charge on any atom is -0.295 e. The molecule has 0 atom stereocenters. The number of halogens is 3. The van der Waals surface area contributed by atoms with Crippen LogP contribution in [0.4, 0.5) is 13.2 Å². The number of nitrogens with zero attached hydrogens (tertiary/aromatic N) is 3. The van der Waals surface area contributed by atoms with Gasteiger partial charge in [0.25, 0.3) is 5.91 Å². The van der Waals surface area contributed by atoms with Crippen LogP contribution in [0.1, 0.15) is 34.5 Å². The SMILES string of the molecule is O=C(NO)c1cnc2c(c1)CCN(C1CCN(CC(F)(F)F)CC1)C2. The number of alkyl halides is 3. The fourth-order valence-corrected chi connectivity index (χ4v) is 3.63. The number of carbonyl (C=O) groups excluding carboxylic acids is 1. The van der Waals surface area contributed by atoms with Gasteiger partial charge in [-0.25, -0.2) is 5.48 Å². The van der Waals surface area contributed by atoms with Gasteiger partial charge in [0.2, 0.25) is 0 Å². The Morgan fingerprint density at radius 2 is 2.04 bits per heavy atom. The normalized spacial score (nSPS) is 20.3. The van der Waals surface area contributed by atoms with Crippen LogP contribution in [0.5, 0.6) is 0 Å². The molecule has 2 aliphatic rings. The fraction of sp³-hybridized carbons (Fsp3) is 0.625. The summed E-state index contributed by atoms with van der Waals surface area (Å²) >= 11 is 0. The molecule has 3 rings (SSSR count). The third-order valence-corrected chi connectivity index (χ3v) is 4.92. The van der Waals surface area contributed by atoms with E-state index in [1.807, 2.05) is 0 Å². The average molecular weight is 358 g/mol. The molecule has 1 saturated heterocycles. The molecule has 6 nitrogen and oxygen atoms in total. The van der Waals surface area contributed by atoms with Crippen LogP contribution in [0, 0.1) is 0 Å². The first-order valence-electron chi connectivity index (χ1n) is 8.31. The zero-order chi connectivity index (χ0) is 18.0. The van der Waals surface area contributed by atoms with E-state index in [0.29, 0.717) is 25.2 Å². The molecule has 0 radical (unpaired) electrons. The van der Waals surface area contributed by atoms with Crippen molar-refractivity contribution >= 4 is 5.91 Å². The van der Waals surface area contributed by atoms with Crippen LogP contribution in [0.25, 0.3) is 0 Å². The van der Waals surface area contributed by atoms with Gasteiger partial charge in [0.15, 0.2) is 0 Å². The molecular weight excluding hydrogens is 337 g/mol. The lowest BCUT2D eigenvalue weighted by molar-refractivity contribution is -0.149. The fourth-order valence-electron chi connectivity index (χ4n) is 3.63. The minimum absolute atomic E-state index is 0.264. The Kier molecular flexibility index (Phi) is 5.26. The molecule has 0 aliphatic carbocycles. The van der Waals surface area contributed by atoms with E-state index in [2.05, 4.69) is 9.88 Å². The molecule has 1 aromatic heterocycles. The van der Waals surface area contributed by atoms with E-state index in [9.17, 15) is 18.0 Å². The quantitative estimate of drug-likeness (QED) is 0.634. The van der Waals surface area contributed by atoms with Gasteiger partial charge in [-0.05, 0) is 44.0 Å². The summed E-state index contributed by atoms with van der Waals surface area (Å²) in [6.07, 6.45) is -0.538. The van der Waals surface area contributed by atoms with E-state index in [0.717, 1.165) is 37.1 Å². The number of rotatable bonds is 3. The summed E-state index contributed by atoms with van der Waals surface area (Å²) in [5, 5.41) is 8.69. The summed E-state index contributed by atoms with van der Waals surface area (Å²) in [5.74, 6) is -0.588. The molecule has 0 aromatic carbocycles. The number of hydrogen-bond acceptors (Lipinski definition) is 5. The zero-order valence-corrected chi connectivity index (χ0v) is 13.7. The maximum atomic E-state index is 12.5. The number of hydroxylamine groups is 1. The van der Waals surface area contributed by atoms with Gasteiger partial charge in [0.05, 0.1) is 17.8 Å². The Morgan fingerprint density at radius 1 is 1.32 bits per heavy atom. The van der Waals surface area contributed by atoms with Gasteiger partial charge in [0, 0.05) is 25.3 Å². The maximum Gasteiger partial charge on any atom is 0.401 e. The number of likely N-dealkylation sites (tertiary alicyclic amines) is 1. The molecule has 0 unspecified atom stereocenters. The molecule has 25 heavy (non-hydrogen) atoms. The molecule has 0 spiro atoms. The summed E-state index contributed by atoms with van der Waals surface area (Å²) in [5.41, 5.74) is 3.78. The molecular formula is C16H21F3N4O2. The summed E-state index contributed by atoms with van der Waals surface area (Å²) in [4.78, 5) is 19.5. The predicted octanol–water partition coefficient (Wildman–Crippen LogP) is 1.59. The number of carbonyl (C=O) groups is 1. The second-order valence-corrected chi connectivity index (χ2v) is 6.61. The Bertz CT molecular complexity index is 630. The Balaban J connectivity index is 1.58. The van der Waals surface area contributed by atoms with Crippen molar-refractivity contribution in [3.63, 3.8) is 0 Å². The highest BCUT2D eigenvalue weighted by atomic mass is 19.4. The highest BCUT2D eigenvalue weighted by Gasteiger charge is 2.34. The summed E-state index contributed by atoms with van der Waals surface area (Å²) < 4.78 is 37.4. The highest BCUT2D eigenvalue weighted by Crippen LogP contribution is 2.26. The minimum atomic E-state index is -4.14. The molecule has 3 heterocycles. The lowest BCUT2D eigenvalue weighted by Crippen LogP contribution is -2.48. The van der Waals surface area contributed by atoms with Crippen LogP contribution in [0.15, 0.2) is 12.3 Å². The molecule has 138 valence electrons. The molecule has 2 N–H and O–H groups in total. The molecule has 2 aliphatic heterocycles. The van der Waals surface area contributed by atoms with Crippen molar-refractivity contribution in [3.05, 3.63) is 29.1 Å². The number of fused-ring (bicyclic) bond motifs is 1. The molecule has 9 heteroatoms. The molecule has 1 amide bonds. The lowest BCUT2D eigenvalue weighted by Gasteiger charge is -2.40. The second-order valence-electron chi connectivity index (χ2n) is 6.61. The van der Waals surface area contributed by atoms with Gasteiger partial charge in [-0.15, -0.1) is 0 Å². The van der Waals surface area contributed by atoms with Crippen LogP contribution >= 0.6 is 0 Å². The molecule has 0 bridgehead atoms. The largest absolute Gasteiger partial charge is 0.401 e. The monoisotopic (exact) mass is 358 g/mol. The smallest absolute Gasteiger partial charge is 0.295 e. The maximum absolute atomic E-state index is 12.5. The van der Waals surface area contributed by atoms with Gasteiger partial charge in [-0.1, -0.05) is 0 Å². The first kappa shape index (κ1) is 18.1. The number of pyridine rings is 1. The topological polar surface area (TPSA) is 68.7 Å². The predicted molar refractivity (Wildman–Crippen MR) is 83.1 cm³/mol. The van der Waals surface area contributed by atoms with Crippen LogP contribution in [0.3, 0.4) is 0 Å². The van der Waals surface area contributed by atoms with E-state index < -0.39 is 18.6 Å². The van der Waals surface area contributed by atoms with Crippen molar-refractivity contribution in [2.45, 2.75) is 38.0 Å². The van der Waals surface area contributed by atoms with E-state index in [1.54, 1.807) is 11.5 Å².